The summed E-state index contributed by atoms with van der Waals surface area (Å²) in [5, 5.41) is 4.33. The summed E-state index contributed by atoms with van der Waals surface area (Å²) >= 11 is 0. The highest BCUT2D eigenvalue weighted by Gasteiger charge is 2.31. The highest BCUT2D eigenvalue weighted by atomic mass is 16.1. The van der Waals surface area contributed by atoms with E-state index in [0.717, 1.165) is 32.2 Å². The molecule has 0 aromatic rings. The van der Waals surface area contributed by atoms with Gasteiger partial charge in [0.15, 0.2) is 5.78 Å². The van der Waals surface area contributed by atoms with E-state index in [-0.39, 0.29) is 6.04 Å². The first kappa shape index (κ1) is 8.24. The van der Waals surface area contributed by atoms with E-state index in [1.54, 1.807) is 0 Å². The van der Waals surface area contributed by atoms with Crippen LogP contribution in [0.1, 0.15) is 38.5 Å². The lowest BCUT2D eigenvalue weighted by Crippen LogP contribution is -2.30. The van der Waals surface area contributed by atoms with Gasteiger partial charge in [0.05, 0.1) is 6.04 Å². The van der Waals surface area contributed by atoms with E-state index >= 15 is 0 Å². The average molecular weight is 166 g/mol. The van der Waals surface area contributed by atoms with Crippen LogP contribution >= 0.6 is 0 Å². The summed E-state index contributed by atoms with van der Waals surface area (Å²) in [6.07, 6.45) is 6.92. The molecule has 0 amide bonds. The average Bonchev–Trinajstić information content (AvgIpc) is 2.77. The number of carbonyl (C=O) groups is 1. The lowest BCUT2D eigenvalue weighted by molar-refractivity contribution is -0.124. The third-order valence-electron chi connectivity index (χ3n) is 3.07. The number of nitrogens with zero attached hydrogens (tertiary/aromatic N) is 1. The van der Waals surface area contributed by atoms with Gasteiger partial charge in [0.25, 0.3) is 0 Å². The molecule has 1 heterocycles. The summed E-state index contributed by atoms with van der Waals surface area (Å²) in [4.78, 5) is 11.8. The van der Waals surface area contributed by atoms with Crippen molar-refractivity contribution in [3.63, 3.8) is 0 Å². The largest absolute Gasteiger partial charge is 0.298 e. The summed E-state index contributed by atoms with van der Waals surface area (Å²) < 4.78 is 0. The fraction of sp³-hybridized carbons (Fsp3) is 0.900. The van der Waals surface area contributed by atoms with Crippen molar-refractivity contribution in [2.75, 3.05) is 6.54 Å². The molecule has 2 nitrogen and oxygen atoms in total. The van der Waals surface area contributed by atoms with Gasteiger partial charge in [0.2, 0.25) is 0 Å². The molecule has 1 unspecified atom stereocenters. The Morgan fingerprint density at radius 2 is 1.83 bits per heavy atom. The Balaban J connectivity index is 1.89. The summed E-state index contributed by atoms with van der Waals surface area (Å²) in [5.41, 5.74) is 0. The van der Waals surface area contributed by atoms with Crippen molar-refractivity contribution in [2.45, 2.75) is 44.6 Å². The Hall–Kier alpha value is -0.370. The molecule has 1 aliphatic carbocycles. The van der Waals surface area contributed by atoms with Crippen LogP contribution in [0.4, 0.5) is 0 Å². The van der Waals surface area contributed by atoms with Crippen LogP contribution in [0.5, 0.6) is 0 Å². The Kier molecular flexibility index (Phi) is 2.45. The first-order chi connectivity index (χ1) is 5.88. The van der Waals surface area contributed by atoms with Gasteiger partial charge in [-0.1, -0.05) is 12.8 Å². The maximum absolute atomic E-state index is 11.8. The van der Waals surface area contributed by atoms with Gasteiger partial charge in [-0.25, -0.2) is 5.32 Å². The molecule has 2 rings (SSSR count). The Morgan fingerprint density at radius 1 is 1.08 bits per heavy atom. The van der Waals surface area contributed by atoms with Gasteiger partial charge in [-0.3, -0.25) is 4.79 Å². The summed E-state index contributed by atoms with van der Waals surface area (Å²) in [6.45, 7) is 0.920. The second-order valence-corrected chi connectivity index (χ2v) is 3.95. The predicted molar refractivity (Wildman–Crippen MR) is 47.0 cm³/mol. The SMILES string of the molecule is O=C(C1CCCC1)C1CCC[N]1. The van der Waals surface area contributed by atoms with Crippen LogP contribution in [0, 0.1) is 5.92 Å². The zero-order chi connectivity index (χ0) is 8.39. The van der Waals surface area contributed by atoms with Crippen LogP contribution in [0.15, 0.2) is 0 Å². The van der Waals surface area contributed by atoms with Crippen molar-refractivity contribution in [3.8, 4) is 0 Å². The molecule has 67 valence electrons. The molecule has 1 radical (unpaired) electrons. The summed E-state index contributed by atoms with van der Waals surface area (Å²) in [5.74, 6) is 0.821. The fourth-order valence-corrected chi connectivity index (χ4v) is 2.34. The maximum Gasteiger partial charge on any atom is 0.154 e. The van der Waals surface area contributed by atoms with E-state index < -0.39 is 0 Å². The molecular formula is C10H16NO. The highest BCUT2D eigenvalue weighted by molar-refractivity contribution is 5.86. The van der Waals surface area contributed by atoms with Gasteiger partial charge in [-0.15, -0.1) is 0 Å². The summed E-state index contributed by atoms with van der Waals surface area (Å²) in [7, 11) is 0. The van der Waals surface area contributed by atoms with Crippen LogP contribution < -0.4 is 5.32 Å². The number of ketones is 1. The first-order valence-electron chi connectivity index (χ1n) is 5.08. The molecule has 0 spiro atoms. The topological polar surface area (TPSA) is 31.2 Å². The van der Waals surface area contributed by atoms with Crippen molar-refractivity contribution in [2.24, 2.45) is 5.92 Å². The number of hydrogen-bond donors (Lipinski definition) is 0. The minimum atomic E-state index is 0.0908. The monoisotopic (exact) mass is 166 g/mol. The molecule has 2 heteroatoms. The molecule has 1 saturated carbocycles. The summed E-state index contributed by atoms with van der Waals surface area (Å²) in [6, 6.07) is 0.0908. The van der Waals surface area contributed by atoms with Gasteiger partial charge in [-0.05, 0) is 25.7 Å². The molecule has 1 atom stereocenters. The number of Topliss-reactive ketones (excluding diaryl/α,β-unsaturated/α-hetero) is 1. The quantitative estimate of drug-likeness (QED) is 0.611. The predicted octanol–water partition coefficient (Wildman–Crippen LogP) is 1.51. The van der Waals surface area contributed by atoms with Gasteiger partial charge >= 0.3 is 0 Å². The third kappa shape index (κ3) is 1.53. The lowest BCUT2D eigenvalue weighted by Gasteiger charge is -2.12. The van der Waals surface area contributed by atoms with Crippen molar-refractivity contribution in [1.29, 1.82) is 0 Å². The van der Waals surface area contributed by atoms with E-state index in [1.165, 1.54) is 12.8 Å². The van der Waals surface area contributed by atoms with Gasteiger partial charge < -0.3 is 0 Å². The zero-order valence-corrected chi connectivity index (χ0v) is 7.46. The molecule has 0 N–H and O–H groups in total. The molecule has 12 heavy (non-hydrogen) atoms. The molecule has 0 aromatic carbocycles. The third-order valence-corrected chi connectivity index (χ3v) is 3.07. The van der Waals surface area contributed by atoms with E-state index in [4.69, 9.17) is 0 Å². The first-order valence-corrected chi connectivity index (χ1v) is 5.08. The van der Waals surface area contributed by atoms with Crippen molar-refractivity contribution < 1.29 is 4.79 Å². The van der Waals surface area contributed by atoms with Crippen molar-refractivity contribution >= 4 is 5.78 Å². The maximum atomic E-state index is 11.8. The van der Waals surface area contributed by atoms with E-state index in [0.29, 0.717) is 11.7 Å². The van der Waals surface area contributed by atoms with Gasteiger partial charge in [0, 0.05) is 12.5 Å². The Labute approximate surface area is 73.7 Å². The van der Waals surface area contributed by atoms with E-state index in [1.807, 2.05) is 0 Å². The molecule has 2 fully saturated rings. The van der Waals surface area contributed by atoms with Gasteiger partial charge in [0.1, 0.15) is 0 Å². The Morgan fingerprint density at radius 3 is 2.42 bits per heavy atom. The Bertz CT molecular complexity index is 149. The standard InChI is InChI=1S/C10H16NO/c12-10(8-4-1-2-5-8)9-6-3-7-11-9/h8-9H,1-7H2. The van der Waals surface area contributed by atoms with E-state index in [9.17, 15) is 4.79 Å². The van der Waals surface area contributed by atoms with Crippen LogP contribution in [0.3, 0.4) is 0 Å². The fourth-order valence-electron chi connectivity index (χ4n) is 2.34. The molecule has 1 aliphatic heterocycles. The molecular weight excluding hydrogens is 150 g/mol. The number of carbonyl (C=O) groups excluding carboxylic acids is 1. The van der Waals surface area contributed by atoms with Crippen LogP contribution in [0.25, 0.3) is 0 Å². The number of rotatable bonds is 2. The normalized spacial score (nSPS) is 31.2. The lowest BCUT2D eigenvalue weighted by atomic mass is 9.96. The second-order valence-electron chi connectivity index (χ2n) is 3.95. The smallest absolute Gasteiger partial charge is 0.154 e. The molecule has 0 bridgehead atoms. The highest BCUT2D eigenvalue weighted by Crippen LogP contribution is 2.28. The van der Waals surface area contributed by atoms with Gasteiger partial charge in [-0.2, -0.15) is 0 Å². The molecule has 0 aromatic heterocycles. The van der Waals surface area contributed by atoms with Crippen LogP contribution in [-0.2, 0) is 4.79 Å². The van der Waals surface area contributed by atoms with E-state index in [2.05, 4.69) is 5.32 Å². The van der Waals surface area contributed by atoms with Crippen LogP contribution in [-0.4, -0.2) is 18.4 Å². The zero-order valence-electron chi connectivity index (χ0n) is 7.46. The van der Waals surface area contributed by atoms with Crippen molar-refractivity contribution in [3.05, 3.63) is 0 Å². The number of hydrogen-bond acceptors (Lipinski definition) is 1. The van der Waals surface area contributed by atoms with Crippen molar-refractivity contribution in [1.82, 2.24) is 5.32 Å². The molecule has 1 saturated heterocycles. The van der Waals surface area contributed by atoms with Crippen LogP contribution in [0.2, 0.25) is 0 Å². The minimum Gasteiger partial charge on any atom is -0.298 e. The second kappa shape index (κ2) is 3.56. The molecule has 2 aliphatic rings. The minimum absolute atomic E-state index is 0.0908.